The molecule has 0 saturated carbocycles. The normalized spacial score (nSPS) is 19.0. The van der Waals surface area contributed by atoms with E-state index in [4.69, 9.17) is 19.4 Å². The molecule has 2 aromatic carbocycles. The molecule has 0 radical (unpaired) electrons. The van der Waals surface area contributed by atoms with Crippen molar-refractivity contribution in [1.29, 1.82) is 0 Å². The zero-order valence-corrected chi connectivity index (χ0v) is 24.6. The van der Waals surface area contributed by atoms with Crippen LogP contribution in [0.4, 0.5) is 13.2 Å². The van der Waals surface area contributed by atoms with Crippen molar-refractivity contribution in [2.75, 3.05) is 19.7 Å². The van der Waals surface area contributed by atoms with Crippen LogP contribution in [0.25, 0.3) is 21.9 Å². The Morgan fingerprint density at radius 1 is 0.977 bits per heavy atom. The maximum atomic E-state index is 13.0. The highest BCUT2D eigenvalue weighted by Crippen LogP contribution is 2.34. The van der Waals surface area contributed by atoms with Gasteiger partial charge in [-0.25, -0.2) is 9.97 Å². The van der Waals surface area contributed by atoms with E-state index in [1.807, 2.05) is 24.3 Å². The van der Waals surface area contributed by atoms with E-state index in [1.54, 1.807) is 12.1 Å². The molecule has 44 heavy (non-hydrogen) atoms. The van der Waals surface area contributed by atoms with E-state index in [2.05, 4.69) is 45.8 Å². The monoisotopic (exact) mass is 604 g/mol. The highest BCUT2D eigenvalue weighted by Gasteiger charge is 2.31. The quantitative estimate of drug-likeness (QED) is 0.188. The molecule has 5 aromatic rings. The summed E-state index contributed by atoms with van der Waals surface area (Å²) >= 11 is 0. The number of rotatable bonds is 9. The second kappa shape index (κ2) is 11.9. The SMILES string of the molecule is C[C@@H](c1nc2ccccc2n1C[C@@H]1CCO1)N1CCC(c2cccc(OCc3ccc4cnn(CC(F)(F)F)c4c3)n2)CC1. The first-order chi connectivity index (χ1) is 21.3. The number of benzene rings is 2. The summed E-state index contributed by atoms with van der Waals surface area (Å²) in [5, 5.41) is 4.55. The van der Waals surface area contributed by atoms with E-state index < -0.39 is 12.7 Å². The number of likely N-dealkylation sites (tertiary alicyclic amines) is 1. The van der Waals surface area contributed by atoms with Crippen molar-refractivity contribution in [1.82, 2.24) is 29.2 Å². The predicted molar refractivity (Wildman–Crippen MR) is 160 cm³/mol. The molecule has 7 rings (SSSR count). The summed E-state index contributed by atoms with van der Waals surface area (Å²) in [6.45, 7) is 4.87. The van der Waals surface area contributed by atoms with Crippen molar-refractivity contribution in [3.8, 4) is 5.88 Å². The van der Waals surface area contributed by atoms with E-state index in [-0.39, 0.29) is 18.8 Å². The number of halogens is 3. The van der Waals surface area contributed by atoms with Crippen LogP contribution in [0.3, 0.4) is 0 Å². The fourth-order valence-corrected chi connectivity index (χ4v) is 6.38. The lowest BCUT2D eigenvalue weighted by atomic mass is 9.92. The van der Waals surface area contributed by atoms with Gasteiger partial charge in [0.15, 0.2) is 0 Å². The fraction of sp³-hybridized carbons (Fsp3) is 0.424. The van der Waals surface area contributed by atoms with Crippen LogP contribution < -0.4 is 4.74 Å². The van der Waals surface area contributed by atoms with Crippen LogP contribution in [0, 0.1) is 0 Å². The van der Waals surface area contributed by atoms with Gasteiger partial charge in [0.2, 0.25) is 5.88 Å². The highest BCUT2D eigenvalue weighted by molar-refractivity contribution is 5.79. The molecule has 0 aliphatic carbocycles. The summed E-state index contributed by atoms with van der Waals surface area (Å²) in [6.07, 6.45) is 0.407. The van der Waals surface area contributed by atoms with Crippen LogP contribution in [-0.4, -0.2) is 61.2 Å². The molecule has 2 atom stereocenters. The largest absolute Gasteiger partial charge is 0.473 e. The van der Waals surface area contributed by atoms with Gasteiger partial charge in [0.1, 0.15) is 19.0 Å². The molecule has 2 fully saturated rings. The number of ether oxygens (including phenoxy) is 2. The number of nitrogens with zero attached hydrogens (tertiary/aromatic N) is 6. The molecular weight excluding hydrogens is 569 g/mol. The molecule has 2 aliphatic rings. The first-order valence-electron chi connectivity index (χ1n) is 15.2. The molecule has 8 nitrogen and oxygen atoms in total. The van der Waals surface area contributed by atoms with Gasteiger partial charge in [-0.2, -0.15) is 18.3 Å². The zero-order valence-electron chi connectivity index (χ0n) is 24.6. The number of piperidine rings is 1. The van der Waals surface area contributed by atoms with Crippen molar-refractivity contribution in [3.05, 3.63) is 83.9 Å². The number of para-hydroxylation sites is 2. The third kappa shape index (κ3) is 6.03. The molecule has 3 aromatic heterocycles. The van der Waals surface area contributed by atoms with E-state index in [0.717, 1.165) is 78.3 Å². The Balaban J connectivity index is 0.993. The summed E-state index contributed by atoms with van der Waals surface area (Å²) in [5.74, 6) is 1.92. The highest BCUT2D eigenvalue weighted by atomic mass is 19.4. The average Bonchev–Trinajstić information content (AvgIpc) is 3.57. The fourth-order valence-electron chi connectivity index (χ4n) is 6.38. The van der Waals surface area contributed by atoms with Crippen LogP contribution >= 0.6 is 0 Å². The van der Waals surface area contributed by atoms with E-state index in [0.29, 0.717) is 22.7 Å². The Labute approximate surface area is 253 Å². The molecule has 0 spiro atoms. The third-order valence-corrected chi connectivity index (χ3v) is 8.90. The van der Waals surface area contributed by atoms with Gasteiger partial charge < -0.3 is 14.0 Å². The van der Waals surface area contributed by atoms with Crippen molar-refractivity contribution >= 4 is 21.9 Å². The van der Waals surface area contributed by atoms with Crippen LogP contribution in [0.2, 0.25) is 0 Å². The van der Waals surface area contributed by atoms with Gasteiger partial charge in [-0.3, -0.25) is 9.58 Å². The number of hydrogen-bond acceptors (Lipinski definition) is 6. The smallest absolute Gasteiger partial charge is 0.408 e. The van der Waals surface area contributed by atoms with Gasteiger partial charge in [-0.15, -0.1) is 0 Å². The Morgan fingerprint density at radius 2 is 1.80 bits per heavy atom. The van der Waals surface area contributed by atoms with Gasteiger partial charge >= 0.3 is 6.18 Å². The van der Waals surface area contributed by atoms with Crippen LogP contribution in [0.5, 0.6) is 5.88 Å². The molecule has 5 heterocycles. The standard InChI is InChI=1S/C33H35F3N6O2/c1-22(32-39-28-5-2-3-7-29(28)41(32)19-26-13-16-43-26)40-14-11-24(12-15-40)27-6-4-8-31(38-27)44-20-23-9-10-25-18-37-42(30(25)17-23)21-33(34,35)36/h2-10,17-18,22,24,26H,11-16,19-21H2,1H3/t22-,26-/m0/s1. The second-order valence-corrected chi connectivity index (χ2v) is 11.8. The van der Waals surface area contributed by atoms with Crippen molar-refractivity contribution in [2.45, 2.75) is 70.1 Å². The zero-order chi connectivity index (χ0) is 30.3. The maximum Gasteiger partial charge on any atom is 0.408 e. The van der Waals surface area contributed by atoms with Crippen LogP contribution in [-0.2, 0) is 24.4 Å². The molecule has 2 saturated heterocycles. The molecule has 0 amide bonds. The van der Waals surface area contributed by atoms with E-state index >= 15 is 0 Å². The number of hydrogen-bond donors (Lipinski definition) is 0. The molecule has 0 N–H and O–H groups in total. The minimum absolute atomic E-state index is 0.177. The summed E-state index contributed by atoms with van der Waals surface area (Å²) in [7, 11) is 0. The van der Waals surface area contributed by atoms with Gasteiger partial charge in [-0.05, 0) is 69.1 Å². The van der Waals surface area contributed by atoms with Crippen molar-refractivity contribution in [2.24, 2.45) is 0 Å². The first-order valence-corrected chi connectivity index (χ1v) is 15.2. The Bertz CT molecular complexity index is 1750. The lowest BCUT2D eigenvalue weighted by Gasteiger charge is -2.36. The first kappa shape index (κ1) is 28.8. The van der Waals surface area contributed by atoms with Gasteiger partial charge in [0.25, 0.3) is 0 Å². The van der Waals surface area contributed by atoms with Gasteiger partial charge in [0, 0.05) is 29.7 Å². The summed E-state index contributed by atoms with van der Waals surface area (Å²) in [4.78, 5) is 12.4. The number of imidazole rings is 1. The Kier molecular flexibility index (Phi) is 7.75. The molecule has 230 valence electrons. The number of aromatic nitrogens is 5. The minimum Gasteiger partial charge on any atom is -0.473 e. The molecule has 2 aliphatic heterocycles. The molecule has 0 bridgehead atoms. The summed E-state index contributed by atoms with van der Waals surface area (Å²) < 4.78 is 53.9. The van der Waals surface area contributed by atoms with Gasteiger partial charge in [0.05, 0.1) is 41.4 Å². The number of fused-ring (bicyclic) bond motifs is 2. The Hall–Kier alpha value is -3.96. The van der Waals surface area contributed by atoms with Gasteiger partial charge in [-0.1, -0.05) is 30.3 Å². The molecule has 11 heteroatoms. The van der Waals surface area contributed by atoms with Crippen LogP contribution in [0.1, 0.15) is 55.2 Å². The number of pyridine rings is 1. The van der Waals surface area contributed by atoms with Crippen molar-refractivity contribution < 1.29 is 22.6 Å². The lowest BCUT2D eigenvalue weighted by Crippen LogP contribution is -2.37. The number of alkyl halides is 3. The molecular formula is C33H35F3N6O2. The topological polar surface area (TPSA) is 70.2 Å². The third-order valence-electron chi connectivity index (χ3n) is 8.90. The lowest BCUT2D eigenvalue weighted by molar-refractivity contribution is -0.141. The average molecular weight is 605 g/mol. The predicted octanol–water partition coefficient (Wildman–Crippen LogP) is 6.65. The summed E-state index contributed by atoms with van der Waals surface area (Å²) in [6, 6.07) is 19.6. The van der Waals surface area contributed by atoms with Crippen molar-refractivity contribution in [3.63, 3.8) is 0 Å². The summed E-state index contributed by atoms with van der Waals surface area (Å²) in [5.41, 5.74) is 4.37. The van der Waals surface area contributed by atoms with E-state index in [9.17, 15) is 13.2 Å². The van der Waals surface area contributed by atoms with E-state index in [1.165, 1.54) is 6.20 Å². The van der Waals surface area contributed by atoms with Crippen LogP contribution in [0.15, 0.2) is 66.9 Å². The Morgan fingerprint density at radius 3 is 2.57 bits per heavy atom. The minimum atomic E-state index is -4.34. The maximum absolute atomic E-state index is 13.0. The second-order valence-electron chi connectivity index (χ2n) is 11.8. The molecule has 0 unspecified atom stereocenters.